The molecule has 0 radical (unpaired) electrons. The molecule has 2 atom stereocenters. The topological polar surface area (TPSA) is 120 Å². The van der Waals surface area contributed by atoms with Crippen molar-refractivity contribution in [3.8, 4) is 0 Å². The fourth-order valence-corrected chi connectivity index (χ4v) is 3.56. The third-order valence-corrected chi connectivity index (χ3v) is 5.08. The molecule has 1 aromatic rings. The summed E-state index contributed by atoms with van der Waals surface area (Å²) in [7, 11) is 3.68. The van der Waals surface area contributed by atoms with Gasteiger partial charge in [-0.25, -0.2) is 4.79 Å². The number of hydrogen-bond acceptors (Lipinski definition) is 6. The molecular weight excluding hydrogens is 436 g/mol. The second-order valence-electron chi connectivity index (χ2n) is 9.98. The molecule has 0 bridgehead atoms. The Morgan fingerprint density at radius 2 is 1.65 bits per heavy atom. The molecule has 3 amide bonds. The molecule has 0 aliphatic heterocycles. The highest BCUT2D eigenvalue weighted by Crippen LogP contribution is 2.13. The number of anilines is 1. The highest BCUT2D eigenvalue weighted by molar-refractivity contribution is 5.97. The van der Waals surface area contributed by atoms with Gasteiger partial charge in [-0.1, -0.05) is 26.0 Å². The minimum atomic E-state index is -0.729. The van der Waals surface area contributed by atoms with Crippen LogP contribution < -0.4 is 16.0 Å². The van der Waals surface area contributed by atoms with E-state index in [0.29, 0.717) is 31.5 Å². The molecule has 0 saturated heterocycles. The second kappa shape index (κ2) is 13.9. The van der Waals surface area contributed by atoms with E-state index < -0.39 is 17.7 Å². The second-order valence-corrected chi connectivity index (χ2v) is 9.98. The number of aliphatic hydroxyl groups excluding tert-OH is 1. The molecular formula is C25H42N4O5. The molecule has 0 aliphatic rings. The molecule has 192 valence electrons. The number of amides is 3. The van der Waals surface area contributed by atoms with Crippen molar-refractivity contribution in [2.45, 2.75) is 78.2 Å². The number of rotatable bonds is 12. The average molecular weight is 479 g/mol. The fraction of sp³-hybridized carbons (Fsp3) is 0.640. The zero-order valence-corrected chi connectivity index (χ0v) is 21.6. The van der Waals surface area contributed by atoms with Gasteiger partial charge in [-0.2, -0.15) is 0 Å². The molecule has 0 spiro atoms. The van der Waals surface area contributed by atoms with Gasteiger partial charge in [0.25, 0.3) is 0 Å². The molecule has 9 heteroatoms. The summed E-state index contributed by atoms with van der Waals surface area (Å²) in [6.07, 6.45) is 1.19. The number of nitrogens with zero attached hydrogens (tertiary/aromatic N) is 1. The van der Waals surface area contributed by atoms with Crippen molar-refractivity contribution in [3.05, 3.63) is 29.8 Å². The number of benzene rings is 1. The summed E-state index contributed by atoms with van der Waals surface area (Å²) in [6.45, 7) is 9.65. The van der Waals surface area contributed by atoms with Crippen molar-refractivity contribution in [1.82, 2.24) is 15.5 Å². The van der Waals surface area contributed by atoms with Gasteiger partial charge in [0.2, 0.25) is 11.8 Å². The van der Waals surface area contributed by atoms with Crippen molar-refractivity contribution in [2.24, 2.45) is 5.92 Å². The van der Waals surface area contributed by atoms with Crippen molar-refractivity contribution in [2.75, 3.05) is 26.0 Å². The standard InChI is InChI=1S/C25H42N4O5/c1-17(2)21(29(6)7)23(32)28-20(10-8-9-15-26-24(33)34-25(3,4)5)22(31)27-19-13-11-18(16-30)12-14-19/h11-14,17,20-21,30H,8-10,15-16H2,1-7H3,(H,26,33)(H,27,31)(H,28,32)/t20-,21-/m0/s1. The molecule has 34 heavy (non-hydrogen) atoms. The van der Waals surface area contributed by atoms with Crippen LogP contribution in [0, 0.1) is 5.92 Å². The molecule has 9 nitrogen and oxygen atoms in total. The maximum Gasteiger partial charge on any atom is 0.407 e. The Morgan fingerprint density at radius 1 is 1.03 bits per heavy atom. The highest BCUT2D eigenvalue weighted by atomic mass is 16.6. The van der Waals surface area contributed by atoms with E-state index in [-0.39, 0.29) is 30.4 Å². The van der Waals surface area contributed by atoms with E-state index in [9.17, 15) is 19.5 Å². The number of alkyl carbamates (subject to hydrolysis) is 1. The van der Waals surface area contributed by atoms with Gasteiger partial charge in [0.15, 0.2) is 0 Å². The van der Waals surface area contributed by atoms with Crippen LogP contribution in [0.3, 0.4) is 0 Å². The Labute approximate surface area is 203 Å². The van der Waals surface area contributed by atoms with Crippen LogP contribution in [-0.2, 0) is 20.9 Å². The molecule has 0 aliphatic carbocycles. The average Bonchev–Trinajstić information content (AvgIpc) is 2.71. The predicted molar refractivity (Wildman–Crippen MR) is 133 cm³/mol. The quantitative estimate of drug-likeness (QED) is 0.343. The summed E-state index contributed by atoms with van der Waals surface area (Å²) < 4.78 is 5.22. The summed E-state index contributed by atoms with van der Waals surface area (Å²) in [6, 6.07) is 5.78. The van der Waals surface area contributed by atoms with Gasteiger partial charge < -0.3 is 25.8 Å². The number of likely N-dealkylation sites (N-methyl/N-ethyl adjacent to an activating group) is 1. The molecule has 0 aromatic heterocycles. The van der Waals surface area contributed by atoms with Crippen LogP contribution in [0.5, 0.6) is 0 Å². The van der Waals surface area contributed by atoms with Gasteiger partial charge in [-0.05, 0) is 77.7 Å². The number of nitrogens with one attached hydrogen (secondary N) is 3. The number of ether oxygens (including phenoxy) is 1. The highest BCUT2D eigenvalue weighted by Gasteiger charge is 2.29. The van der Waals surface area contributed by atoms with E-state index in [4.69, 9.17) is 4.74 Å². The number of unbranched alkanes of at least 4 members (excludes halogenated alkanes) is 1. The lowest BCUT2D eigenvalue weighted by Crippen LogP contribution is -2.52. The van der Waals surface area contributed by atoms with Gasteiger partial charge in [0.05, 0.1) is 12.6 Å². The van der Waals surface area contributed by atoms with Gasteiger partial charge in [0.1, 0.15) is 11.6 Å². The lowest BCUT2D eigenvalue weighted by molar-refractivity contribution is -0.131. The van der Waals surface area contributed by atoms with Crippen molar-refractivity contribution >= 4 is 23.6 Å². The van der Waals surface area contributed by atoms with Crippen molar-refractivity contribution < 1.29 is 24.2 Å². The van der Waals surface area contributed by atoms with Gasteiger partial charge in [-0.15, -0.1) is 0 Å². The Kier molecular flexibility index (Phi) is 12.0. The number of carbonyl (C=O) groups excluding carboxylic acids is 3. The van der Waals surface area contributed by atoms with Crippen LogP contribution in [0.4, 0.5) is 10.5 Å². The van der Waals surface area contributed by atoms with Crippen LogP contribution in [-0.4, -0.2) is 66.2 Å². The molecule has 1 aromatic carbocycles. The minimum Gasteiger partial charge on any atom is -0.444 e. The zero-order valence-electron chi connectivity index (χ0n) is 21.6. The van der Waals surface area contributed by atoms with E-state index in [0.717, 1.165) is 5.56 Å². The van der Waals surface area contributed by atoms with E-state index >= 15 is 0 Å². The monoisotopic (exact) mass is 478 g/mol. The van der Waals surface area contributed by atoms with Crippen LogP contribution in [0.2, 0.25) is 0 Å². The lowest BCUT2D eigenvalue weighted by Gasteiger charge is -2.29. The number of hydrogen-bond donors (Lipinski definition) is 4. The van der Waals surface area contributed by atoms with E-state index in [1.165, 1.54) is 0 Å². The minimum absolute atomic E-state index is 0.0720. The summed E-state index contributed by atoms with van der Waals surface area (Å²) in [5.41, 5.74) is 0.763. The van der Waals surface area contributed by atoms with Gasteiger partial charge in [-0.3, -0.25) is 14.5 Å². The lowest BCUT2D eigenvalue weighted by atomic mass is 10.0. The third-order valence-electron chi connectivity index (χ3n) is 5.08. The summed E-state index contributed by atoms with van der Waals surface area (Å²) in [4.78, 5) is 39.6. The molecule has 4 N–H and O–H groups in total. The Morgan fingerprint density at radius 3 is 2.15 bits per heavy atom. The fourth-order valence-electron chi connectivity index (χ4n) is 3.56. The first kappa shape index (κ1) is 29.4. The van der Waals surface area contributed by atoms with Crippen molar-refractivity contribution in [1.29, 1.82) is 0 Å². The van der Waals surface area contributed by atoms with Gasteiger partial charge >= 0.3 is 6.09 Å². The largest absolute Gasteiger partial charge is 0.444 e. The molecule has 0 saturated carbocycles. The maximum absolute atomic E-state index is 13.0. The smallest absolute Gasteiger partial charge is 0.407 e. The first-order chi connectivity index (χ1) is 15.8. The first-order valence-corrected chi connectivity index (χ1v) is 11.8. The summed E-state index contributed by atoms with van der Waals surface area (Å²) in [5, 5.41) is 17.7. The summed E-state index contributed by atoms with van der Waals surface area (Å²) >= 11 is 0. The molecule has 0 heterocycles. The Hall–Kier alpha value is -2.65. The normalized spacial score (nSPS) is 13.4. The predicted octanol–water partition coefficient (Wildman–Crippen LogP) is 2.88. The maximum atomic E-state index is 13.0. The van der Waals surface area contributed by atoms with Crippen molar-refractivity contribution in [3.63, 3.8) is 0 Å². The Balaban J connectivity index is 2.76. The van der Waals surface area contributed by atoms with Crippen LogP contribution >= 0.6 is 0 Å². The summed E-state index contributed by atoms with van der Waals surface area (Å²) in [5.74, 6) is -0.447. The molecule has 1 rings (SSSR count). The number of aliphatic hydroxyl groups is 1. The number of carbonyl (C=O) groups is 3. The van der Waals surface area contributed by atoms with E-state index in [1.54, 1.807) is 45.0 Å². The van der Waals surface area contributed by atoms with Crippen LogP contribution in [0.25, 0.3) is 0 Å². The van der Waals surface area contributed by atoms with Gasteiger partial charge in [0, 0.05) is 12.2 Å². The first-order valence-electron chi connectivity index (χ1n) is 11.8. The molecule has 0 fully saturated rings. The zero-order chi connectivity index (χ0) is 25.9. The third kappa shape index (κ3) is 11.0. The van der Waals surface area contributed by atoms with E-state index in [2.05, 4.69) is 16.0 Å². The molecule has 0 unspecified atom stereocenters. The SMILES string of the molecule is CC(C)[C@@H](C(=O)N[C@@H](CCCCNC(=O)OC(C)(C)C)C(=O)Nc1ccc(CO)cc1)N(C)C. The van der Waals surface area contributed by atoms with Crippen LogP contribution in [0.1, 0.15) is 59.4 Å². The van der Waals surface area contributed by atoms with Crippen LogP contribution in [0.15, 0.2) is 24.3 Å². The van der Waals surface area contributed by atoms with E-state index in [1.807, 2.05) is 32.8 Å². The Bertz CT molecular complexity index is 779.